The summed E-state index contributed by atoms with van der Waals surface area (Å²) in [6, 6.07) is 14.5. The highest BCUT2D eigenvalue weighted by Crippen LogP contribution is 2.21. The van der Waals surface area contributed by atoms with Crippen molar-refractivity contribution in [3.05, 3.63) is 48.2 Å². The number of hydrogen-bond donors (Lipinski definition) is 0. The summed E-state index contributed by atoms with van der Waals surface area (Å²) < 4.78 is 11.5. The van der Waals surface area contributed by atoms with Crippen molar-refractivity contribution in [3.63, 3.8) is 0 Å². The van der Waals surface area contributed by atoms with Crippen LogP contribution in [0.5, 0.6) is 5.75 Å². The summed E-state index contributed by atoms with van der Waals surface area (Å²) >= 11 is 0. The molecule has 1 aromatic carbocycles. The molecule has 0 fully saturated rings. The van der Waals surface area contributed by atoms with E-state index >= 15 is 0 Å². The van der Waals surface area contributed by atoms with Crippen molar-refractivity contribution in [2.75, 3.05) is 19.8 Å². The number of benzene rings is 1. The average Bonchev–Trinajstić information content (AvgIpc) is 2.77. The van der Waals surface area contributed by atoms with Crippen LogP contribution in [0.25, 0.3) is 11.3 Å². The molecule has 29 heavy (non-hydrogen) atoms. The average molecular weight is 395 g/mol. The summed E-state index contributed by atoms with van der Waals surface area (Å²) in [4.78, 5) is 4.59. The van der Waals surface area contributed by atoms with Gasteiger partial charge in [-0.15, -0.1) is 0 Å². The number of nitriles is 1. The summed E-state index contributed by atoms with van der Waals surface area (Å²) in [5.74, 6) is 0.901. The van der Waals surface area contributed by atoms with E-state index in [0.29, 0.717) is 6.61 Å². The van der Waals surface area contributed by atoms with Gasteiger partial charge in [-0.1, -0.05) is 39.2 Å². The largest absolute Gasteiger partial charge is 0.494 e. The summed E-state index contributed by atoms with van der Waals surface area (Å²) in [6.07, 6.45) is 9.43. The number of ether oxygens (including phenoxy) is 2. The van der Waals surface area contributed by atoms with Crippen LogP contribution in [0.3, 0.4) is 0 Å². The number of unbranched alkanes of at least 4 members (excludes halogenated alkanes) is 3. The van der Waals surface area contributed by atoms with Crippen LogP contribution in [0, 0.1) is 17.2 Å². The molecule has 1 atom stereocenters. The van der Waals surface area contributed by atoms with Gasteiger partial charge in [0.05, 0.1) is 25.0 Å². The van der Waals surface area contributed by atoms with Crippen LogP contribution in [-0.4, -0.2) is 24.8 Å². The van der Waals surface area contributed by atoms with E-state index in [9.17, 15) is 0 Å². The lowest BCUT2D eigenvalue weighted by Crippen LogP contribution is -2.04. The molecule has 0 aliphatic rings. The van der Waals surface area contributed by atoms with Crippen LogP contribution in [0.4, 0.5) is 0 Å². The summed E-state index contributed by atoms with van der Waals surface area (Å²) in [5.41, 5.74) is 3.22. The first-order chi connectivity index (χ1) is 14.3. The van der Waals surface area contributed by atoms with Crippen molar-refractivity contribution < 1.29 is 9.47 Å². The Morgan fingerprint density at radius 3 is 2.45 bits per heavy atom. The molecule has 0 saturated carbocycles. The third-order valence-electron chi connectivity index (χ3n) is 5.06. The lowest BCUT2D eigenvalue weighted by atomic mass is 10.1. The van der Waals surface area contributed by atoms with Crippen molar-refractivity contribution in [1.82, 2.24) is 4.98 Å². The van der Waals surface area contributed by atoms with Crippen LogP contribution < -0.4 is 4.74 Å². The molecule has 2 rings (SSSR count). The van der Waals surface area contributed by atoms with Gasteiger partial charge in [-0.3, -0.25) is 4.98 Å². The lowest BCUT2D eigenvalue weighted by Gasteiger charge is -2.09. The van der Waals surface area contributed by atoms with Crippen LogP contribution in [0.1, 0.15) is 57.9 Å². The number of rotatable bonds is 14. The highest BCUT2D eigenvalue weighted by atomic mass is 16.5. The predicted octanol–water partition coefficient (Wildman–Crippen LogP) is 6.21. The molecule has 4 nitrogen and oxygen atoms in total. The molecule has 1 aromatic heterocycles. The molecule has 0 amide bonds. The quantitative estimate of drug-likeness (QED) is 0.358. The van der Waals surface area contributed by atoms with Gasteiger partial charge in [-0.05, 0) is 61.6 Å². The minimum absolute atomic E-state index is 0.0726. The first-order valence-corrected chi connectivity index (χ1v) is 10.9. The Balaban J connectivity index is 1.74. The number of aromatic nitrogens is 1. The van der Waals surface area contributed by atoms with E-state index in [0.717, 1.165) is 55.9 Å². The molecule has 0 spiro atoms. The zero-order valence-electron chi connectivity index (χ0n) is 17.9. The van der Waals surface area contributed by atoms with Crippen molar-refractivity contribution in [2.24, 2.45) is 5.92 Å². The molecule has 4 heteroatoms. The van der Waals surface area contributed by atoms with E-state index in [1.165, 1.54) is 24.8 Å². The van der Waals surface area contributed by atoms with E-state index < -0.39 is 0 Å². The second kappa shape index (κ2) is 13.7. The Morgan fingerprint density at radius 2 is 1.79 bits per heavy atom. The van der Waals surface area contributed by atoms with E-state index in [1.54, 1.807) is 0 Å². The molecule has 1 heterocycles. The number of pyridine rings is 1. The maximum absolute atomic E-state index is 8.99. The van der Waals surface area contributed by atoms with Gasteiger partial charge in [0.15, 0.2) is 0 Å². The van der Waals surface area contributed by atoms with E-state index in [2.05, 4.69) is 30.1 Å². The fraction of sp³-hybridized carbons (Fsp3) is 0.520. The first kappa shape index (κ1) is 22.9. The van der Waals surface area contributed by atoms with Crippen molar-refractivity contribution in [3.8, 4) is 23.1 Å². The van der Waals surface area contributed by atoms with E-state index in [1.807, 2.05) is 37.4 Å². The SMILES string of the molecule is CCCCCCOCCc1ccc(-c2ccc(OCCC(C#N)CC)cc2)nc1. The van der Waals surface area contributed by atoms with Gasteiger partial charge >= 0.3 is 0 Å². The minimum atomic E-state index is 0.0726. The highest BCUT2D eigenvalue weighted by Gasteiger charge is 2.05. The first-order valence-electron chi connectivity index (χ1n) is 10.9. The van der Waals surface area contributed by atoms with Crippen LogP contribution in [0.2, 0.25) is 0 Å². The van der Waals surface area contributed by atoms with Gasteiger partial charge in [0.1, 0.15) is 5.75 Å². The summed E-state index contributed by atoms with van der Waals surface area (Å²) in [5, 5.41) is 8.99. The van der Waals surface area contributed by atoms with Gasteiger partial charge in [-0.25, -0.2) is 0 Å². The molecule has 0 aliphatic carbocycles. The van der Waals surface area contributed by atoms with Gasteiger partial charge in [0.25, 0.3) is 0 Å². The standard InChI is InChI=1S/C25H34N2O2/c1-3-5-6-7-16-28-17-14-22-8-13-25(27-20-22)23-9-11-24(12-10-23)29-18-15-21(4-2)19-26/h8-13,20-21H,3-7,14-18H2,1-2H3. The monoisotopic (exact) mass is 394 g/mol. The topological polar surface area (TPSA) is 55.1 Å². The molecule has 1 unspecified atom stereocenters. The molecule has 2 aromatic rings. The van der Waals surface area contributed by atoms with Crippen molar-refractivity contribution in [1.29, 1.82) is 5.26 Å². The molecule has 156 valence electrons. The fourth-order valence-corrected chi connectivity index (χ4v) is 3.07. The predicted molar refractivity (Wildman–Crippen MR) is 118 cm³/mol. The lowest BCUT2D eigenvalue weighted by molar-refractivity contribution is 0.133. The maximum atomic E-state index is 8.99. The minimum Gasteiger partial charge on any atom is -0.494 e. The van der Waals surface area contributed by atoms with Gasteiger partial charge < -0.3 is 9.47 Å². The summed E-state index contributed by atoms with van der Waals surface area (Å²) in [6.45, 7) is 6.43. The third kappa shape index (κ3) is 8.66. The fourth-order valence-electron chi connectivity index (χ4n) is 3.07. The zero-order chi connectivity index (χ0) is 20.7. The smallest absolute Gasteiger partial charge is 0.119 e. The zero-order valence-corrected chi connectivity index (χ0v) is 17.9. The Morgan fingerprint density at radius 1 is 0.966 bits per heavy atom. The van der Waals surface area contributed by atoms with Gasteiger partial charge in [0, 0.05) is 24.3 Å². The third-order valence-corrected chi connectivity index (χ3v) is 5.06. The number of nitrogens with zero attached hydrogens (tertiary/aromatic N) is 2. The Labute approximate surface area is 175 Å². The van der Waals surface area contributed by atoms with E-state index in [4.69, 9.17) is 14.7 Å². The normalized spacial score (nSPS) is 11.8. The second-order valence-corrected chi connectivity index (χ2v) is 7.37. The maximum Gasteiger partial charge on any atom is 0.119 e. The molecular formula is C25H34N2O2. The van der Waals surface area contributed by atoms with Crippen LogP contribution in [0.15, 0.2) is 42.6 Å². The Kier molecular flexibility index (Phi) is 10.9. The molecule has 0 bridgehead atoms. The highest BCUT2D eigenvalue weighted by molar-refractivity contribution is 5.60. The molecule has 0 N–H and O–H groups in total. The Bertz CT molecular complexity index is 720. The van der Waals surface area contributed by atoms with Crippen molar-refractivity contribution in [2.45, 2.75) is 58.8 Å². The van der Waals surface area contributed by atoms with Gasteiger partial charge in [-0.2, -0.15) is 5.26 Å². The second-order valence-electron chi connectivity index (χ2n) is 7.37. The molecule has 0 aliphatic heterocycles. The Hall–Kier alpha value is -2.38. The molecule has 0 saturated heterocycles. The molecular weight excluding hydrogens is 360 g/mol. The molecule has 0 radical (unpaired) electrons. The van der Waals surface area contributed by atoms with Crippen molar-refractivity contribution >= 4 is 0 Å². The summed E-state index contributed by atoms with van der Waals surface area (Å²) in [7, 11) is 0. The van der Waals surface area contributed by atoms with Crippen LogP contribution in [-0.2, 0) is 11.2 Å². The van der Waals surface area contributed by atoms with Gasteiger partial charge in [0.2, 0.25) is 0 Å². The number of hydrogen-bond acceptors (Lipinski definition) is 4. The van der Waals surface area contributed by atoms with E-state index in [-0.39, 0.29) is 5.92 Å². The van der Waals surface area contributed by atoms with Crippen LogP contribution >= 0.6 is 0 Å².